The van der Waals surface area contributed by atoms with Gasteiger partial charge in [-0.25, -0.2) is 0 Å². The molecule has 0 radical (unpaired) electrons. The van der Waals surface area contributed by atoms with Crippen molar-refractivity contribution in [2.75, 3.05) is 6.54 Å². The van der Waals surface area contributed by atoms with E-state index in [1.54, 1.807) is 0 Å². The summed E-state index contributed by atoms with van der Waals surface area (Å²) in [7, 11) is 0. The fourth-order valence-electron chi connectivity index (χ4n) is 2.18. The third-order valence-corrected chi connectivity index (χ3v) is 4.27. The molecule has 2 rings (SSSR count). The van der Waals surface area contributed by atoms with Gasteiger partial charge in [0.2, 0.25) is 0 Å². The monoisotopic (exact) mass is 329 g/mol. The summed E-state index contributed by atoms with van der Waals surface area (Å²) in [5, 5.41) is 3.62. The van der Waals surface area contributed by atoms with Gasteiger partial charge in [0.1, 0.15) is 0 Å². The standard InChI is InChI=1S/C14H20IN/c1-2-16-14(10-9-11-7-8-11)12-5-3-4-6-13(12)15/h3-6,11,14,16H,2,7-10H2,1H3. The smallest absolute Gasteiger partial charge is 0.0330 e. The van der Waals surface area contributed by atoms with Gasteiger partial charge in [0.05, 0.1) is 0 Å². The van der Waals surface area contributed by atoms with Crippen LogP contribution in [0.4, 0.5) is 0 Å². The van der Waals surface area contributed by atoms with Gasteiger partial charge in [0.15, 0.2) is 0 Å². The van der Waals surface area contributed by atoms with Crippen molar-refractivity contribution in [1.82, 2.24) is 5.32 Å². The van der Waals surface area contributed by atoms with Gasteiger partial charge in [-0.05, 0) is 59.5 Å². The van der Waals surface area contributed by atoms with E-state index in [4.69, 9.17) is 0 Å². The van der Waals surface area contributed by atoms with Crippen LogP contribution in [0.2, 0.25) is 0 Å². The maximum atomic E-state index is 3.62. The molecular weight excluding hydrogens is 309 g/mol. The maximum absolute atomic E-state index is 3.62. The zero-order valence-electron chi connectivity index (χ0n) is 9.88. The molecule has 0 bridgehead atoms. The summed E-state index contributed by atoms with van der Waals surface area (Å²) >= 11 is 2.45. The molecule has 1 atom stereocenters. The van der Waals surface area contributed by atoms with Crippen LogP contribution in [0.15, 0.2) is 24.3 Å². The lowest BCUT2D eigenvalue weighted by molar-refractivity contribution is 0.480. The van der Waals surface area contributed by atoms with Crippen molar-refractivity contribution in [3.8, 4) is 0 Å². The number of nitrogens with one attached hydrogen (secondary N) is 1. The highest BCUT2D eigenvalue weighted by atomic mass is 127. The zero-order chi connectivity index (χ0) is 11.4. The van der Waals surface area contributed by atoms with E-state index < -0.39 is 0 Å². The van der Waals surface area contributed by atoms with Crippen LogP contribution in [0.25, 0.3) is 0 Å². The molecule has 16 heavy (non-hydrogen) atoms. The average Bonchev–Trinajstić information content (AvgIpc) is 3.09. The first-order chi connectivity index (χ1) is 7.81. The molecule has 1 aliphatic carbocycles. The minimum absolute atomic E-state index is 0.554. The van der Waals surface area contributed by atoms with Gasteiger partial charge in [-0.1, -0.05) is 38.0 Å². The van der Waals surface area contributed by atoms with Crippen LogP contribution in [-0.2, 0) is 0 Å². The Kier molecular flexibility index (Phi) is 4.65. The average molecular weight is 329 g/mol. The van der Waals surface area contributed by atoms with Crippen LogP contribution in [0.5, 0.6) is 0 Å². The third kappa shape index (κ3) is 3.45. The van der Waals surface area contributed by atoms with Crippen molar-refractivity contribution in [3.63, 3.8) is 0 Å². The van der Waals surface area contributed by atoms with E-state index in [1.165, 1.54) is 34.8 Å². The van der Waals surface area contributed by atoms with Gasteiger partial charge in [-0.2, -0.15) is 0 Å². The summed E-state index contributed by atoms with van der Waals surface area (Å²) in [6.07, 6.45) is 5.61. The van der Waals surface area contributed by atoms with E-state index in [1.807, 2.05) is 0 Å². The summed E-state index contributed by atoms with van der Waals surface area (Å²) in [6, 6.07) is 9.30. The number of halogens is 1. The molecule has 1 aromatic rings. The summed E-state index contributed by atoms with van der Waals surface area (Å²) in [4.78, 5) is 0. The Balaban J connectivity index is 2.01. The van der Waals surface area contributed by atoms with Crippen LogP contribution < -0.4 is 5.32 Å². The molecule has 1 unspecified atom stereocenters. The molecule has 0 spiro atoms. The van der Waals surface area contributed by atoms with Gasteiger partial charge < -0.3 is 5.32 Å². The molecule has 0 heterocycles. The van der Waals surface area contributed by atoms with Crippen molar-refractivity contribution in [1.29, 1.82) is 0 Å². The molecule has 1 N–H and O–H groups in total. The molecule has 1 aromatic carbocycles. The van der Waals surface area contributed by atoms with E-state index in [-0.39, 0.29) is 0 Å². The molecule has 1 aliphatic rings. The van der Waals surface area contributed by atoms with Crippen molar-refractivity contribution < 1.29 is 0 Å². The maximum Gasteiger partial charge on any atom is 0.0330 e. The Labute approximate surface area is 112 Å². The van der Waals surface area contributed by atoms with E-state index >= 15 is 0 Å². The van der Waals surface area contributed by atoms with Crippen molar-refractivity contribution in [2.45, 2.75) is 38.6 Å². The predicted molar refractivity (Wildman–Crippen MR) is 77.5 cm³/mol. The Bertz CT molecular complexity index is 333. The predicted octanol–water partition coefficient (Wildman–Crippen LogP) is 4.13. The lowest BCUT2D eigenvalue weighted by atomic mass is 10.0. The first-order valence-electron chi connectivity index (χ1n) is 6.29. The Morgan fingerprint density at radius 1 is 1.38 bits per heavy atom. The van der Waals surface area contributed by atoms with Crippen LogP contribution >= 0.6 is 22.6 Å². The molecule has 1 nitrogen and oxygen atoms in total. The van der Waals surface area contributed by atoms with Gasteiger partial charge in [0.25, 0.3) is 0 Å². The lowest BCUT2D eigenvalue weighted by Crippen LogP contribution is -2.21. The minimum Gasteiger partial charge on any atom is -0.310 e. The summed E-state index contributed by atoms with van der Waals surface area (Å²) < 4.78 is 1.39. The van der Waals surface area contributed by atoms with Gasteiger partial charge in [0, 0.05) is 9.61 Å². The molecule has 1 saturated carbocycles. The molecule has 1 fully saturated rings. The molecule has 2 heteroatoms. The van der Waals surface area contributed by atoms with Gasteiger partial charge in [-0.3, -0.25) is 0 Å². The Morgan fingerprint density at radius 2 is 2.12 bits per heavy atom. The quantitative estimate of drug-likeness (QED) is 0.774. The normalized spacial score (nSPS) is 17.4. The second-order valence-corrected chi connectivity index (χ2v) is 5.81. The van der Waals surface area contributed by atoms with E-state index in [0.717, 1.165) is 12.5 Å². The highest BCUT2D eigenvalue weighted by Crippen LogP contribution is 2.36. The van der Waals surface area contributed by atoms with Gasteiger partial charge in [-0.15, -0.1) is 0 Å². The van der Waals surface area contributed by atoms with Crippen molar-refractivity contribution in [3.05, 3.63) is 33.4 Å². The van der Waals surface area contributed by atoms with Gasteiger partial charge >= 0.3 is 0 Å². The molecule has 0 aromatic heterocycles. The zero-order valence-corrected chi connectivity index (χ0v) is 12.0. The van der Waals surface area contributed by atoms with Crippen LogP contribution in [0.1, 0.15) is 44.2 Å². The lowest BCUT2D eigenvalue weighted by Gasteiger charge is -2.19. The number of hydrogen-bond donors (Lipinski definition) is 1. The molecule has 0 aliphatic heterocycles. The van der Waals surface area contributed by atoms with Crippen molar-refractivity contribution >= 4 is 22.6 Å². The highest BCUT2D eigenvalue weighted by Gasteiger charge is 2.23. The van der Waals surface area contributed by atoms with Crippen LogP contribution in [-0.4, -0.2) is 6.54 Å². The first-order valence-corrected chi connectivity index (χ1v) is 7.37. The second kappa shape index (κ2) is 6.01. The number of rotatable bonds is 6. The molecule has 0 amide bonds. The topological polar surface area (TPSA) is 12.0 Å². The second-order valence-electron chi connectivity index (χ2n) is 4.65. The summed E-state index contributed by atoms with van der Waals surface area (Å²) in [5.74, 6) is 1.03. The fraction of sp³-hybridized carbons (Fsp3) is 0.571. The molecule has 0 saturated heterocycles. The number of hydrogen-bond acceptors (Lipinski definition) is 1. The van der Waals surface area contributed by atoms with Crippen molar-refractivity contribution in [2.24, 2.45) is 5.92 Å². The first kappa shape index (κ1) is 12.4. The van der Waals surface area contributed by atoms with E-state index in [9.17, 15) is 0 Å². The largest absolute Gasteiger partial charge is 0.310 e. The van der Waals surface area contributed by atoms with Crippen LogP contribution in [0, 0.1) is 9.49 Å². The van der Waals surface area contributed by atoms with Crippen LogP contribution in [0.3, 0.4) is 0 Å². The molecular formula is C14H20IN. The third-order valence-electron chi connectivity index (χ3n) is 3.29. The molecule has 88 valence electrons. The Morgan fingerprint density at radius 3 is 2.75 bits per heavy atom. The van der Waals surface area contributed by atoms with E-state index in [2.05, 4.69) is 59.1 Å². The summed E-state index contributed by atoms with van der Waals surface area (Å²) in [5.41, 5.74) is 1.48. The highest BCUT2D eigenvalue weighted by molar-refractivity contribution is 14.1. The Hall–Kier alpha value is -0.0900. The SMILES string of the molecule is CCNC(CCC1CC1)c1ccccc1I. The number of benzene rings is 1. The minimum atomic E-state index is 0.554. The van der Waals surface area contributed by atoms with E-state index in [0.29, 0.717) is 6.04 Å². The fourth-order valence-corrected chi connectivity index (χ4v) is 2.94. The summed E-state index contributed by atoms with van der Waals surface area (Å²) in [6.45, 7) is 3.25.